The number of hydrogen-bond acceptors (Lipinski definition) is 5. The maximum atomic E-state index is 12.3. The number of carbonyl (C=O) groups excluding carboxylic acids is 1. The van der Waals surface area contributed by atoms with Gasteiger partial charge in [0.2, 0.25) is 0 Å². The molecule has 2 N–H and O–H groups in total. The van der Waals surface area contributed by atoms with Crippen LogP contribution in [0.5, 0.6) is 5.75 Å². The first kappa shape index (κ1) is 19.9. The molecule has 1 aromatic carbocycles. The molecule has 1 aliphatic rings. The van der Waals surface area contributed by atoms with Crippen LogP contribution in [0.3, 0.4) is 0 Å². The zero-order valence-corrected chi connectivity index (χ0v) is 16.3. The number of fused-ring (bicyclic) bond motifs is 3. The van der Waals surface area contributed by atoms with Gasteiger partial charge < -0.3 is 19.6 Å². The average Bonchev–Trinajstić information content (AvgIpc) is 2.66. The second-order valence-electron chi connectivity index (χ2n) is 7.54. The fourth-order valence-corrected chi connectivity index (χ4v) is 3.65. The fraction of sp³-hybridized carbons (Fsp3) is 0.476. The third-order valence-electron chi connectivity index (χ3n) is 5.20. The van der Waals surface area contributed by atoms with Crippen LogP contribution in [0.25, 0.3) is 11.0 Å². The van der Waals surface area contributed by atoms with E-state index >= 15 is 0 Å². The van der Waals surface area contributed by atoms with Gasteiger partial charge in [-0.25, -0.2) is 9.59 Å². The van der Waals surface area contributed by atoms with Crippen molar-refractivity contribution in [3.63, 3.8) is 0 Å². The van der Waals surface area contributed by atoms with Crippen molar-refractivity contribution in [2.24, 2.45) is 5.92 Å². The van der Waals surface area contributed by atoms with Gasteiger partial charge in [0.25, 0.3) is 5.91 Å². The van der Waals surface area contributed by atoms with Crippen LogP contribution in [0.4, 0.5) is 0 Å². The average molecular weight is 387 g/mol. The minimum Gasteiger partial charge on any atom is -0.483 e. The molecule has 1 aromatic heterocycles. The van der Waals surface area contributed by atoms with Gasteiger partial charge in [0, 0.05) is 16.5 Å². The number of nitrogens with one attached hydrogen (secondary N) is 1. The van der Waals surface area contributed by atoms with E-state index in [4.69, 9.17) is 14.3 Å². The molecule has 3 rings (SSSR count). The lowest BCUT2D eigenvalue weighted by Gasteiger charge is -2.19. The number of aryl methyl sites for hydroxylation is 2. The van der Waals surface area contributed by atoms with Crippen molar-refractivity contribution >= 4 is 22.8 Å². The van der Waals surface area contributed by atoms with E-state index < -0.39 is 17.9 Å². The van der Waals surface area contributed by atoms with E-state index in [2.05, 4.69) is 5.32 Å². The maximum Gasteiger partial charge on any atom is 0.339 e. The summed E-state index contributed by atoms with van der Waals surface area (Å²) in [6.07, 6.45) is 3.63. The van der Waals surface area contributed by atoms with Crippen molar-refractivity contribution in [2.45, 2.75) is 52.5 Å². The molecule has 150 valence electrons. The van der Waals surface area contributed by atoms with Gasteiger partial charge in [-0.1, -0.05) is 13.8 Å². The second kappa shape index (κ2) is 8.04. The molecule has 1 amide bonds. The summed E-state index contributed by atoms with van der Waals surface area (Å²) < 4.78 is 11.1. The van der Waals surface area contributed by atoms with Gasteiger partial charge in [0.05, 0.1) is 0 Å². The predicted molar refractivity (Wildman–Crippen MR) is 104 cm³/mol. The molecule has 0 radical (unpaired) electrons. The van der Waals surface area contributed by atoms with Crippen LogP contribution in [0.2, 0.25) is 0 Å². The van der Waals surface area contributed by atoms with Gasteiger partial charge in [-0.3, -0.25) is 4.79 Å². The Morgan fingerprint density at radius 1 is 1.21 bits per heavy atom. The molecule has 0 spiro atoms. The van der Waals surface area contributed by atoms with E-state index in [9.17, 15) is 14.4 Å². The largest absolute Gasteiger partial charge is 0.483 e. The zero-order chi connectivity index (χ0) is 20.4. The first-order valence-electron chi connectivity index (χ1n) is 9.52. The van der Waals surface area contributed by atoms with Crippen LogP contribution in [-0.2, 0) is 22.4 Å². The quantitative estimate of drug-likeness (QED) is 0.738. The summed E-state index contributed by atoms with van der Waals surface area (Å²) >= 11 is 0. The summed E-state index contributed by atoms with van der Waals surface area (Å²) in [5.41, 5.74) is 2.63. The first-order chi connectivity index (χ1) is 13.3. The summed E-state index contributed by atoms with van der Waals surface area (Å²) in [5, 5.41) is 12.5. The molecule has 0 fully saturated rings. The van der Waals surface area contributed by atoms with Crippen molar-refractivity contribution in [3.05, 3.63) is 39.2 Å². The standard InChI is InChI=1S/C21H25NO6/c1-11(2)18(20(24)25)22-17(23)10-27-16-9-8-14-13-6-4-5-7-15(13)21(26)28-19(14)12(16)3/h8-9,11,18H,4-7,10H2,1-3H3,(H,22,23)(H,24,25). The molecule has 1 unspecified atom stereocenters. The Morgan fingerprint density at radius 3 is 2.54 bits per heavy atom. The Hall–Kier alpha value is -2.83. The molecular formula is C21H25NO6. The van der Waals surface area contributed by atoms with Gasteiger partial charge in [0.1, 0.15) is 17.4 Å². The zero-order valence-electron chi connectivity index (χ0n) is 16.3. The monoisotopic (exact) mass is 387 g/mol. The van der Waals surface area contributed by atoms with Crippen molar-refractivity contribution in [2.75, 3.05) is 6.61 Å². The van der Waals surface area contributed by atoms with Gasteiger partial charge in [-0.15, -0.1) is 0 Å². The number of ether oxygens (including phenoxy) is 1. The lowest BCUT2D eigenvalue weighted by Crippen LogP contribution is -2.46. The Balaban J connectivity index is 1.81. The summed E-state index contributed by atoms with van der Waals surface area (Å²) in [7, 11) is 0. The third-order valence-corrected chi connectivity index (χ3v) is 5.20. The first-order valence-corrected chi connectivity index (χ1v) is 9.52. The lowest BCUT2D eigenvalue weighted by atomic mass is 9.90. The number of rotatable bonds is 6. The van der Waals surface area contributed by atoms with Gasteiger partial charge >= 0.3 is 11.6 Å². The minimum absolute atomic E-state index is 0.246. The Morgan fingerprint density at radius 2 is 1.89 bits per heavy atom. The topological polar surface area (TPSA) is 106 Å². The molecular weight excluding hydrogens is 362 g/mol. The number of benzene rings is 1. The molecule has 2 aromatic rings. The van der Waals surface area contributed by atoms with E-state index in [0.717, 1.165) is 42.2 Å². The predicted octanol–water partition coefficient (Wildman–Crippen LogP) is 2.58. The van der Waals surface area contributed by atoms with Gasteiger partial charge in [0.15, 0.2) is 6.61 Å². The molecule has 0 saturated carbocycles. The summed E-state index contributed by atoms with van der Waals surface area (Å²) in [6.45, 7) is 4.89. The molecule has 7 nitrogen and oxygen atoms in total. The van der Waals surface area contributed by atoms with Crippen molar-refractivity contribution in [3.8, 4) is 5.75 Å². The van der Waals surface area contributed by atoms with Crippen LogP contribution in [0, 0.1) is 12.8 Å². The number of carboxylic acids is 1. The lowest BCUT2D eigenvalue weighted by molar-refractivity contribution is -0.143. The van der Waals surface area contributed by atoms with Crippen LogP contribution in [-0.4, -0.2) is 29.6 Å². The van der Waals surface area contributed by atoms with Crippen LogP contribution in [0.1, 0.15) is 43.4 Å². The smallest absolute Gasteiger partial charge is 0.339 e. The number of carbonyl (C=O) groups is 2. The number of hydrogen-bond donors (Lipinski definition) is 2. The number of carboxylic acid groups (broad SMARTS) is 1. The van der Waals surface area contributed by atoms with E-state index in [0.29, 0.717) is 16.9 Å². The summed E-state index contributed by atoms with van der Waals surface area (Å²) in [6, 6.07) is 2.65. The Bertz CT molecular complexity index is 975. The maximum absolute atomic E-state index is 12.3. The third kappa shape index (κ3) is 3.88. The van der Waals surface area contributed by atoms with E-state index in [1.165, 1.54) is 0 Å². The molecule has 7 heteroatoms. The highest BCUT2D eigenvalue weighted by atomic mass is 16.5. The number of aliphatic carboxylic acids is 1. The summed E-state index contributed by atoms with van der Waals surface area (Å²) in [4.78, 5) is 35.6. The minimum atomic E-state index is -1.09. The highest BCUT2D eigenvalue weighted by molar-refractivity contribution is 5.87. The highest BCUT2D eigenvalue weighted by Gasteiger charge is 2.24. The van der Waals surface area contributed by atoms with Crippen LogP contribution in [0.15, 0.2) is 21.3 Å². The van der Waals surface area contributed by atoms with Gasteiger partial charge in [-0.05, 0) is 56.2 Å². The van der Waals surface area contributed by atoms with Crippen LogP contribution < -0.4 is 15.7 Å². The van der Waals surface area contributed by atoms with E-state index in [-0.39, 0.29) is 18.2 Å². The van der Waals surface area contributed by atoms with Gasteiger partial charge in [-0.2, -0.15) is 0 Å². The molecule has 0 aliphatic heterocycles. The molecule has 1 heterocycles. The van der Waals surface area contributed by atoms with Crippen molar-refractivity contribution in [1.29, 1.82) is 0 Å². The molecule has 0 bridgehead atoms. The van der Waals surface area contributed by atoms with E-state index in [1.54, 1.807) is 26.8 Å². The fourth-order valence-electron chi connectivity index (χ4n) is 3.65. The molecule has 0 saturated heterocycles. The Kier molecular flexibility index (Phi) is 5.72. The SMILES string of the molecule is Cc1c(OCC(=O)NC(C(=O)O)C(C)C)ccc2c3c(c(=O)oc12)CCCC3. The second-order valence-corrected chi connectivity index (χ2v) is 7.54. The van der Waals surface area contributed by atoms with Crippen LogP contribution >= 0.6 is 0 Å². The van der Waals surface area contributed by atoms with E-state index in [1.807, 2.05) is 6.07 Å². The Labute approximate surface area is 162 Å². The molecule has 28 heavy (non-hydrogen) atoms. The van der Waals surface area contributed by atoms with Crippen molar-refractivity contribution in [1.82, 2.24) is 5.32 Å². The van der Waals surface area contributed by atoms with Crippen molar-refractivity contribution < 1.29 is 23.8 Å². The normalized spacial score (nSPS) is 14.6. The molecule has 1 aliphatic carbocycles. The highest BCUT2D eigenvalue weighted by Crippen LogP contribution is 2.32. The summed E-state index contributed by atoms with van der Waals surface area (Å²) in [5.74, 6) is -1.42. The number of amides is 1. The molecule has 1 atom stereocenters.